The summed E-state index contributed by atoms with van der Waals surface area (Å²) in [5, 5.41) is 19.0. The van der Waals surface area contributed by atoms with Gasteiger partial charge in [0.05, 0.1) is 11.1 Å². The largest absolute Gasteiger partial charge is 0.319 e. The van der Waals surface area contributed by atoms with Gasteiger partial charge in [-0.15, -0.1) is 26.6 Å². The molecule has 1 atom stereocenters. The SMILES string of the molecule is C[C@@H](c1nncn1C)n1cc(-c2cc(CN3CCCC3)cs2)nn1. The van der Waals surface area contributed by atoms with Gasteiger partial charge in [-0.2, -0.15) is 0 Å². The maximum atomic E-state index is 4.34. The fraction of sp³-hybridized carbons (Fsp3) is 0.500. The van der Waals surface area contributed by atoms with E-state index >= 15 is 0 Å². The second kappa shape index (κ2) is 6.45. The van der Waals surface area contributed by atoms with Crippen molar-refractivity contribution in [2.75, 3.05) is 13.1 Å². The molecule has 0 N–H and O–H groups in total. The average Bonchev–Trinajstić information content (AvgIpc) is 3.35. The summed E-state index contributed by atoms with van der Waals surface area (Å²) in [7, 11) is 1.94. The maximum absolute atomic E-state index is 4.34. The summed E-state index contributed by atoms with van der Waals surface area (Å²) in [5.41, 5.74) is 2.29. The second-order valence-electron chi connectivity index (χ2n) is 6.36. The first-order chi connectivity index (χ1) is 11.7. The van der Waals surface area contributed by atoms with Gasteiger partial charge in [0, 0.05) is 13.6 Å². The smallest absolute Gasteiger partial charge is 0.157 e. The highest BCUT2D eigenvalue weighted by Crippen LogP contribution is 2.27. The van der Waals surface area contributed by atoms with E-state index in [1.165, 1.54) is 36.4 Å². The zero-order valence-corrected chi connectivity index (χ0v) is 14.8. The fourth-order valence-electron chi connectivity index (χ4n) is 3.16. The van der Waals surface area contributed by atoms with Gasteiger partial charge in [-0.3, -0.25) is 4.90 Å². The quantitative estimate of drug-likeness (QED) is 0.711. The maximum Gasteiger partial charge on any atom is 0.157 e. The zero-order valence-electron chi connectivity index (χ0n) is 14.0. The van der Waals surface area contributed by atoms with Crippen LogP contribution in [0.3, 0.4) is 0 Å². The summed E-state index contributed by atoms with van der Waals surface area (Å²) < 4.78 is 3.75. The topological polar surface area (TPSA) is 64.7 Å². The molecule has 3 aromatic rings. The van der Waals surface area contributed by atoms with Crippen LogP contribution in [-0.2, 0) is 13.6 Å². The van der Waals surface area contributed by atoms with E-state index in [1.807, 2.05) is 22.5 Å². The fourth-order valence-corrected chi connectivity index (χ4v) is 4.01. The molecule has 0 radical (unpaired) electrons. The number of rotatable bonds is 5. The molecule has 24 heavy (non-hydrogen) atoms. The van der Waals surface area contributed by atoms with Crippen LogP contribution in [0.25, 0.3) is 10.6 Å². The normalized spacial score (nSPS) is 16.8. The molecule has 1 saturated heterocycles. The van der Waals surface area contributed by atoms with Crippen molar-refractivity contribution < 1.29 is 0 Å². The Kier molecular flexibility index (Phi) is 4.15. The average molecular weight is 343 g/mol. The molecule has 4 heterocycles. The lowest BCUT2D eigenvalue weighted by Crippen LogP contribution is -2.17. The van der Waals surface area contributed by atoms with Gasteiger partial charge in [-0.25, -0.2) is 4.68 Å². The minimum atomic E-state index is 0.00258. The number of nitrogens with zero attached hydrogens (tertiary/aromatic N) is 7. The summed E-state index contributed by atoms with van der Waals surface area (Å²) >= 11 is 1.74. The van der Waals surface area contributed by atoms with Crippen LogP contribution in [0, 0.1) is 0 Å². The monoisotopic (exact) mass is 343 g/mol. The Morgan fingerprint density at radius 3 is 2.83 bits per heavy atom. The van der Waals surface area contributed by atoms with Crippen molar-refractivity contribution in [3.63, 3.8) is 0 Å². The van der Waals surface area contributed by atoms with E-state index in [0.29, 0.717) is 0 Å². The molecule has 8 heteroatoms. The van der Waals surface area contributed by atoms with Crippen LogP contribution < -0.4 is 0 Å². The van der Waals surface area contributed by atoms with Crippen molar-refractivity contribution in [3.05, 3.63) is 35.4 Å². The van der Waals surface area contributed by atoms with Crippen LogP contribution in [0.5, 0.6) is 0 Å². The van der Waals surface area contributed by atoms with Crippen molar-refractivity contribution in [2.24, 2.45) is 7.05 Å². The van der Waals surface area contributed by atoms with Gasteiger partial charge >= 0.3 is 0 Å². The van der Waals surface area contributed by atoms with Crippen LogP contribution in [0.4, 0.5) is 0 Å². The lowest BCUT2D eigenvalue weighted by molar-refractivity contribution is 0.332. The van der Waals surface area contributed by atoms with E-state index in [2.05, 4.69) is 43.8 Å². The number of likely N-dealkylation sites (tertiary alicyclic amines) is 1. The minimum absolute atomic E-state index is 0.00258. The Hall–Kier alpha value is -2.06. The number of aryl methyl sites for hydroxylation is 1. The van der Waals surface area contributed by atoms with Gasteiger partial charge in [0.2, 0.25) is 0 Å². The van der Waals surface area contributed by atoms with Crippen LogP contribution in [0.15, 0.2) is 24.0 Å². The molecule has 1 fully saturated rings. The summed E-state index contributed by atoms with van der Waals surface area (Å²) in [6.07, 6.45) is 6.34. The van der Waals surface area contributed by atoms with Crippen molar-refractivity contribution in [3.8, 4) is 10.6 Å². The molecule has 0 unspecified atom stereocenters. The highest BCUT2D eigenvalue weighted by molar-refractivity contribution is 7.13. The molecule has 0 amide bonds. The molecule has 0 aliphatic carbocycles. The Morgan fingerprint density at radius 1 is 1.25 bits per heavy atom. The number of aromatic nitrogens is 6. The van der Waals surface area contributed by atoms with Gasteiger partial charge in [-0.05, 0) is 49.9 Å². The number of hydrogen-bond acceptors (Lipinski definition) is 6. The van der Waals surface area contributed by atoms with Gasteiger partial charge < -0.3 is 4.57 Å². The molecule has 3 aromatic heterocycles. The van der Waals surface area contributed by atoms with E-state index in [0.717, 1.165) is 18.1 Å². The molecule has 0 aromatic carbocycles. The number of hydrogen-bond donors (Lipinski definition) is 0. The van der Waals surface area contributed by atoms with E-state index < -0.39 is 0 Å². The predicted octanol–water partition coefficient (Wildman–Crippen LogP) is 2.34. The van der Waals surface area contributed by atoms with Gasteiger partial charge in [0.25, 0.3) is 0 Å². The molecule has 1 aliphatic heterocycles. The van der Waals surface area contributed by atoms with Gasteiger partial charge in [0.15, 0.2) is 5.82 Å². The third kappa shape index (κ3) is 2.99. The van der Waals surface area contributed by atoms with Crippen LogP contribution in [-0.4, -0.2) is 47.7 Å². The third-order valence-electron chi connectivity index (χ3n) is 4.54. The van der Waals surface area contributed by atoms with Crippen molar-refractivity contribution in [1.29, 1.82) is 0 Å². The molecule has 0 saturated carbocycles. The summed E-state index contributed by atoms with van der Waals surface area (Å²) in [6, 6.07) is 2.24. The Morgan fingerprint density at radius 2 is 2.08 bits per heavy atom. The third-order valence-corrected chi connectivity index (χ3v) is 5.54. The van der Waals surface area contributed by atoms with Crippen LogP contribution in [0.2, 0.25) is 0 Å². The highest BCUT2D eigenvalue weighted by atomic mass is 32.1. The molecule has 1 aliphatic rings. The zero-order chi connectivity index (χ0) is 16.5. The van der Waals surface area contributed by atoms with Crippen molar-refractivity contribution in [2.45, 2.75) is 32.4 Å². The predicted molar refractivity (Wildman–Crippen MR) is 92.7 cm³/mol. The molecule has 0 bridgehead atoms. The molecule has 0 spiro atoms. The Labute approximate surface area is 144 Å². The van der Waals surface area contributed by atoms with E-state index in [4.69, 9.17) is 0 Å². The first kappa shape index (κ1) is 15.5. The summed E-state index contributed by atoms with van der Waals surface area (Å²) in [6.45, 7) is 5.53. The first-order valence-corrected chi connectivity index (χ1v) is 9.14. The standard InChI is InChI=1S/C16H21N7S/c1-12(16-19-17-11-21(16)2)23-9-14(18-20-23)15-7-13(10-24-15)8-22-5-3-4-6-22/h7,9-12H,3-6,8H2,1-2H3/t12-/m0/s1. The second-order valence-corrected chi connectivity index (χ2v) is 7.27. The summed E-state index contributed by atoms with van der Waals surface area (Å²) in [5.74, 6) is 0.868. The van der Waals surface area contributed by atoms with Crippen LogP contribution in [0.1, 0.15) is 37.2 Å². The van der Waals surface area contributed by atoms with Crippen molar-refractivity contribution in [1.82, 2.24) is 34.7 Å². The van der Waals surface area contributed by atoms with E-state index in [-0.39, 0.29) is 6.04 Å². The lowest BCUT2D eigenvalue weighted by Gasteiger charge is -2.12. The first-order valence-electron chi connectivity index (χ1n) is 8.26. The Balaban J connectivity index is 1.50. The van der Waals surface area contributed by atoms with E-state index in [1.54, 1.807) is 17.7 Å². The Bertz CT molecular complexity index is 812. The molecular weight excluding hydrogens is 322 g/mol. The van der Waals surface area contributed by atoms with Gasteiger partial charge in [-0.1, -0.05) is 5.21 Å². The lowest BCUT2D eigenvalue weighted by atomic mass is 10.2. The number of thiophene rings is 1. The van der Waals surface area contributed by atoms with E-state index in [9.17, 15) is 0 Å². The minimum Gasteiger partial charge on any atom is -0.319 e. The molecule has 126 valence electrons. The van der Waals surface area contributed by atoms with Crippen molar-refractivity contribution >= 4 is 11.3 Å². The van der Waals surface area contributed by atoms with Gasteiger partial charge in [0.1, 0.15) is 18.1 Å². The van der Waals surface area contributed by atoms with Crippen LogP contribution >= 0.6 is 11.3 Å². The molecule has 7 nitrogen and oxygen atoms in total. The molecular formula is C16H21N7S. The summed E-state index contributed by atoms with van der Waals surface area (Å²) in [4.78, 5) is 3.68. The molecule has 4 rings (SSSR count). The highest BCUT2D eigenvalue weighted by Gasteiger charge is 2.17.